The van der Waals surface area contributed by atoms with Crippen molar-refractivity contribution in [3.05, 3.63) is 61.5 Å². The summed E-state index contributed by atoms with van der Waals surface area (Å²) in [6.45, 7) is 7.29. The first kappa shape index (κ1) is 22.0. The van der Waals surface area contributed by atoms with Crippen molar-refractivity contribution in [1.82, 2.24) is 15.3 Å². The van der Waals surface area contributed by atoms with Crippen LogP contribution in [0.15, 0.2) is 29.1 Å². The molecule has 1 aromatic carbocycles. The number of nitrogens with one attached hydrogen (secondary N) is 2. The number of carbonyl (C=O) groups excluding carboxylic acids is 1. The minimum Gasteiger partial charge on any atom is -0.352 e. The number of carbonyl (C=O) groups is 1. The van der Waals surface area contributed by atoms with E-state index in [4.69, 9.17) is 16.6 Å². The van der Waals surface area contributed by atoms with Crippen molar-refractivity contribution in [3.8, 4) is 0 Å². The first-order valence-electron chi connectivity index (χ1n) is 10.8. The van der Waals surface area contributed by atoms with E-state index < -0.39 is 0 Å². The molecule has 5 nitrogen and oxygen atoms in total. The summed E-state index contributed by atoms with van der Waals surface area (Å²) in [6, 6.07) is 7.41. The van der Waals surface area contributed by atoms with Crippen LogP contribution in [0.5, 0.6) is 0 Å². The molecule has 0 spiro atoms. The smallest absolute Gasteiger partial charge is 0.259 e. The number of hydrogen-bond acceptors (Lipinski definition) is 4. The van der Waals surface area contributed by atoms with E-state index in [1.54, 1.807) is 17.4 Å². The molecule has 0 saturated carbocycles. The first-order valence-corrected chi connectivity index (χ1v) is 11.9. The molecule has 2 aromatic heterocycles. The predicted octanol–water partition coefficient (Wildman–Crippen LogP) is 5.04. The summed E-state index contributed by atoms with van der Waals surface area (Å²) in [5.41, 5.74) is 2.31. The zero-order valence-electron chi connectivity index (χ0n) is 18.2. The Bertz CT molecular complexity index is 1180. The number of thiophene rings is 1. The second-order valence-corrected chi connectivity index (χ2v) is 10.9. The van der Waals surface area contributed by atoms with Crippen molar-refractivity contribution < 1.29 is 4.79 Å². The molecule has 7 heteroatoms. The zero-order valence-corrected chi connectivity index (χ0v) is 19.8. The van der Waals surface area contributed by atoms with Gasteiger partial charge in [-0.05, 0) is 53.9 Å². The topological polar surface area (TPSA) is 74.8 Å². The van der Waals surface area contributed by atoms with Gasteiger partial charge >= 0.3 is 0 Å². The molecule has 0 saturated heterocycles. The van der Waals surface area contributed by atoms with Crippen molar-refractivity contribution >= 4 is 39.1 Å². The molecule has 0 unspecified atom stereocenters. The molecule has 3 aromatic rings. The highest BCUT2D eigenvalue weighted by molar-refractivity contribution is 7.18. The van der Waals surface area contributed by atoms with Crippen LogP contribution in [0.25, 0.3) is 10.2 Å². The maximum atomic E-state index is 12.8. The lowest BCUT2D eigenvalue weighted by Crippen LogP contribution is -2.26. The number of hydrogen-bond donors (Lipinski definition) is 2. The highest BCUT2D eigenvalue weighted by Gasteiger charge is 2.31. The van der Waals surface area contributed by atoms with Gasteiger partial charge in [0.2, 0.25) is 5.91 Å². The van der Waals surface area contributed by atoms with Crippen molar-refractivity contribution in [1.29, 1.82) is 0 Å². The van der Waals surface area contributed by atoms with Gasteiger partial charge in [0.1, 0.15) is 10.7 Å². The average molecular weight is 458 g/mol. The van der Waals surface area contributed by atoms with Crippen LogP contribution in [0.4, 0.5) is 0 Å². The van der Waals surface area contributed by atoms with Crippen LogP contribution in [0.2, 0.25) is 5.02 Å². The maximum absolute atomic E-state index is 12.8. The normalized spacial score (nSPS) is 16.3. The van der Waals surface area contributed by atoms with Gasteiger partial charge in [-0.3, -0.25) is 9.59 Å². The van der Waals surface area contributed by atoms with E-state index in [1.807, 2.05) is 18.2 Å². The molecule has 2 N–H and O–H groups in total. The van der Waals surface area contributed by atoms with E-state index in [0.717, 1.165) is 35.0 Å². The van der Waals surface area contributed by atoms with Crippen LogP contribution in [0.3, 0.4) is 0 Å². The number of H-pyrrole nitrogens is 1. The van der Waals surface area contributed by atoms with Crippen LogP contribution in [0, 0.1) is 11.3 Å². The molecule has 1 atom stereocenters. The van der Waals surface area contributed by atoms with Crippen LogP contribution in [-0.4, -0.2) is 15.9 Å². The van der Waals surface area contributed by atoms with E-state index in [9.17, 15) is 9.59 Å². The molecule has 0 fully saturated rings. The minimum atomic E-state index is -0.0822. The number of aromatic amines is 1. The quantitative estimate of drug-likeness (QED) is 0.563. The highest BCUT2D eigenvalue weighted by Crippen LogP contribution is 2.41. The Morgan fingerprint density at radius 1 is 1.35 bits per heavy atom. The Balaban J connectivity index is 1.43. The second-order valence-electron chi connectivity index (χ2n) is 9.41. The highest BCUT2D eigenvalue weighted by atomic mass is 35.5. The Hall–Kier alpha value is -2.18. The average Bonchev–Trinajstić information content (AvgIpc) is 3.08. The number of fused-ring (bicyclic) bond motifs is 3. The van der Waals surface area contributed by atoms with Gasteiger partial charge < -0.3 is 10.3 Å². The molecule has 164 valence electrons. The lowest BCUT2D eigenvalue weighted by atomic mass is 9.72. The molecule has 0 radical (unpaired) electrons. The summed E-state index contributed by atoms with van der Waals surface area (Å²) in [6.07, 6.45) is 3.73. The third kappa shape index (κ3) is 5.01. The third-order valence-corrected chi connectivity index (χ3v) is 7.54. The summed E-state index contributed by atoms with van der Waals surface area (Å²) >= 11 is 7.62. The molecule has 31 heavy (non-hydrogen) atoms. The number of halogens is 1. The molecule has 1 aliphatic rings. The van der Waals surface area contributed by atoms with E-state index in [0.29, 0.717) is 29.7 Å². The van der Waals surface area contributed by atoms with Crippen molar-refractivity contribution in [2.24, 2.45) is 11.3 Å². The molecule has 4 rings (SSSR count). The Morgan fingerprint density at radius 2 is 2.16 bits per heavy atom. The van der Waals surface area contributed by atoms with Crippen molar-refractivity contribution in [3.63, 3.8) is 0 Å². The molecule has 1 aliphatic carbocycles. The summed E-state index contributed by atoms with van der Waals surface area (Å²) in [5, 5.41) is 4.29. The standard InChI is InChI=1S/C24H28ClN3O2S/c1-24(2,3)15-7-8-17-18(12-15)31-23-21(17)22(30)27-19(28-23)9-10-20(29)26-13-14-5-4-6-16(25)11-14/h4-6,11,15H,7-10,12-13H2,1-3H3,(H,26,29)(H,27,28,30)/t15-/m1/s1. The van der Waals surface area contributed by atoms with Crippen LogP contribution >= 0.6 is 22.9 Å². The van der Waals surface area contributed by atoms with Crippen LogP contribution in [0.1, 0.15) is 55.4 Å². The Labute approximate surface area is 191 Å². The fraction of sp³-hybridized carbons (Fsp3) is 0.458. The molecule has 0 aliphatic heterocycles. The van der Waals surface area contributed by atoms with Crippen molar-refractivity contribution in [2.75, 3.05) is 0 Å². The van der Waals surface area contributed by atoms with E-state index in [-0.39, 0.29) is 23.3 Å². The third-order valence-electron chi connectivity index (χ3n) is 6.16. The van der Waals surface area contributed by atoms with Crippen molar-refractivity contribution in [2.45, 2.75) is 59.4 Å². The zero-order chi connectivity index (χ0) is 22.2. The lowest BCUT2D eigenvalue weighted by Gasteiger charge is -2.33. The lowest BCUT2D eigenvalue weighted by molar-refractivity contribution is -0.121. The molecular formula is C24H28ClN3O2S. The number of aromatic nitrogens is 2. The van der Waals surface area contributed by atoms with Gasteiger partial charge in [-0.25, -0.2) is 4.98 Å². The largest absolute Gasteiger partial charge is 0.352 e. The number of nitrogens with zero attached hydrogens (tertiary/aromatic N) is 1. The summed E-state index contributed by atoms with van der Waals surface area (Å²) in [4.78, 5) is 34.8. The van der Waals surface area contributed by atoms with Gasteiger partial charge in [0.25, 0.3) is 5.56 Å². The Morgan fingerprint density at radius 3 is 2.90 bits per heavy atom. The van der Waals surface area contributed by atoms with Gasteiger partial charge in [-0.15, -0.1) is 11.3 Å². The summed E-state index contributed by atoms with van der Waals surface area (Å²) < 4.78 is 0. The number of benzene rings is 1. The predicted molar refractivity (Wildman–Crippen MR) is 127 cm³/mol. The van der Waals surface area contributed by atoms with Gasteiger partial charge in [0, 0.05) is 29.3 Å². The van der Waals surface area contributed by atoms with Crippen LogP contribution < -0.4 is 10.9 Å². The second kappa shape index (κ2) is 8.75. The van der Waals surface area contributed by atoms with Gasteiger partial charge in [-0.1, -0.05) is 44.5 Å². The van der Waals surface area contributed by atoms with Crippen LogP contribution in [-0.2, 0) is 30.6 Å². The van der Waals surface area contributed by atoms with E-state index >= 15 is 0 Å². The fourth-order valence-electron chi connectivity index (χ4n) is 4.25. The minimum absolute atomic E-state index is 0.0777. The molecule has 1 amide bonds. The SMILES string of the molecule is CC(C)(C)[C@@H]1CCc2c(sc3nc(CCC(=O)NCc4cccc(Cl)c4)[nH]c(=O)c23)C1. The summed E-state index contributed by atoms with van der Waals surface area (Å²) in [5.74, 6) is 1.11. The first-order chi connectivity index (χ1) is 14.7. The molecule has 2 heterocycles. The Kier molecular flexibility index (Phi) is 6.22. The maximum Gasteiger partial charge on any atom is 0.259 e. The number of aryl methyl sites for hydroxylation is 2. The van der Waals surface area contributed by atoms with E-state index in [2.05, 4.69) is 31.1 Å². The molecular weight excluding hydrogens is 430 g/mol. The fourth-order valence-corrected chi connectivity index (χ4v) is 5.79. The van der Waals surface area contributed by atoms with Gasteiger partial charge in [0.05, 0.1) is 5.39 Å². The number of amides is 1. The van der Waals surface area contributed by atoms with Gasteiger partial charge in [0.15, 0.2) is 0 Å². The van der Waals surface area contributed by atoms with E-state index in [1.165, 1.54) is 10.4 Å². The number of rotatable bonds is 5. The molecule has 0 bridgehead atoms. The summed E-state index contributed by atoms with van der Waals surface area (Å²) in [7, 11) is 0. The van der Waals surface area contributed by atoms with Gasteiger partial charge in [-0.2, -0.15) is 0 Å². The monoisotopic (exact) mass is 457 g/mol.